The zero-order chi connectivity index (χ0) is 12.3. The van der Waals surface area contributed by atoms with Gasteiger partial charge in [0.05, 0.1) is 5.38 Å². The number of benzene rings is 2. The number of halogens is 1. The van der Waals surface area contributed by atoms with Crippen molar-refractivity contribution in [2.24, 2.45) is 0 Å². The summed E-state index contributed by atoms with van der Waals surface area (Å²) >= 11 is 5.98. The molecule has 0 N–H and O–H groups in total. The molecule has 0 heterocycles. The Bertz CT molecular complexity index is 547. The molecule has 0 aromatic heterocycles. The fourth-order valence-corrected chi connectivity index (χ4v) is 2.20. The molecular formula is C15H13ClO. The first-order valence-electron chi connectivity index (χ1n) is 5.47. The predicted octanol–water partition coefficient (Wildman–Crippen LogP) is 3.92. The van der Waals surface area contributed by atoms with Crippen molar-refractivity contribution in [2.45, 2.75) is 11.3 Å². The van der Waals surface area contributed by atoms with Crippen LogP contribution in [0.2, 0.25) is 0 Å². The molecule has 0 aliphatic rings. The van der Waals surface area contributed by atoms with Crippen molar-refractivity contribution >= 4 is 28.7 Å². The van der Waals surface area contributed by atoms with Gasteiger partial charge in [0, 0.05) is 5.92 Å². The van der Waals surface area contributed by atoms with E-state index in [0.29, 0.717) is 0 Å². The molecule has 2 atom stereocenters. The maximum atomic E-state index is 10.8. The van der Waals surface area contributed by atoms with E-state index in [2.05, 4.69) is 18.7 Å². The van der Waals surface area contributed by atoms with Crippen molar-refractivity contribution < 1.29 is 4.79 Å². The molecule has 17 heavy (non-hydrogen) atoms. The summed E-state index contributed by atoms with van der Waals surface area (Å²) < 4.78 is 0. The van der Waals surface area contributed by atoms with Gasteiger partial charge < -0.3 is 4.79 Å². The normalized spacial score (nSPS) is 14.2. The molecule has 0 aliphatic heterocycles. The van der Waals surface area contributed by atoms with E-state index in [-0.39, 0.29) is 5.92 Å². The first-order valence-corrected chi connectivity index (χ1v) is 5.90. The van der Waals surface area contributed by atoms with Gasteiger partial charge in [0.25, 0.3) is 0 Å². The third kappa shape index (κ3) is 2.40. The summed E-state index contributed by atoms with van der Waals surface area (Å²) in [6, 6.07) is 14.2. The minimum atomic E-state index is -0.561. The fourth-order valence-electron chi connectivity index (χ4n) is 1.95. The largest absolute Gasteiger partial charge is 0.302 e. The average Bonchev–Trinajstić information content (AvgIpc) is 2.39. The van der Waals surface area contributed by atoms with Gasteiger partial charge in [-0.05, 0) is 16.3 Å². The summed E-state index contributed by atoms with van der Waals surface area (Å²) in [7, 11) is 0. The number of carbonyl (C=O) groups is 1. The van der Waals surface area contributed by atoms with Crippen molar-refractivity contribution in [3.8, 4) is 0 Å². The average molecular weight is 245 g/mol. The van der Waals surface area contributed by atoms with Crippen LogP contribution in [0.4, 0.5) is 0 Å². The molecule has 0 spiro atoms. The van der Waals surface area contributed by atoms with E-state index in [0.717, 1.165) is 17.2 Å². The molecule has 2 heteroatoms. The van der Waals surface area contributed by atoms with Crippen LogP contribution in [0, 0.1) is 0 Å². The molecule has 0 amide bonds. The molecule has 0 radical (unpaired) electrons. The molecule has 2 aromatic rings. The van der Waals surface area contributed by atoms with Crippen molar-refractivity contribution in [3.63, 3.8) is 0 Å². The van der Waals surface area contributed by atoms with Crippen LogP contribution >= 0.6 is 11.6 Å². The predicted molar refractivity (Wildman–Crippen MR) is 72.6 cm³/mol. The van der Waals surface area contributed by atoms with Gasteiger partial charge in [0.1, 0.15) is 6.29 Å². The number of carbonyl (C=O) groups excluding carboxylic acids is 1. The Morgan fingerprint density at radius 1 is 1.12 bits per heavy atom. The highest BCUT2D eigenvalue weighted by atomic mass is 35.5. The van der Waals surface area contributed by atoms with Crippen LogP contribution < -0.4 is 0 Å². The molecule has 2 aromatic carbocycles. The summed E-state index contributed by atoms with van der Waals surface area (Å²) in [6.45, 7) is 3.74. The SMILES string of the molecule is C=C[C@H](c1ccc2ccccc2c1)[C@@H](Cl)C=O. The lowest BCUT2D eigenvalue weighted by atomic mass is 9.94. The zero-order valence-corrected chi connectivity index (χ0v) is 10.1. The Labute approximate surface area is 106 Å². The van der Waals surface area contributed by atoms with E-state index >= 15 is 0 Å². The van der Waals surface area contributed by atoms with E-state index < -0.39 is 5.38 Å². The highest BCUT2D eigenvalue weighted by molar-refractivity contribution is 6.28. The van der Waals surface area contributed by atoms with Gasteiger partial charge >= 0.3 is 0 Å². The van der Waals surface area contributed by atoms with Gasteiger partial charge in [-0.25, -0.2) is 0 Å². The van der Waals surface area contributed by atoms with Crippen molar-refractivity contribution in [1.82, 2.24) is 0 Å². The number of hydrogen-bond acceptors (Lipinski definition) is 1. The molecule has 0 saturated carbocycles. The highest BCUT2D eigenvalue weighted by Gasteiger charge is 2.17. The Balaban J connectivity index is 2.47. The van der Waals surface area contributed by atoms with Gasteiger partial charge in [-0.2, -0.15) is 0 Å². The van der Waals surface area contributed by atoms with Crippen molar-refractivity contribution in [2.75, 3.05) is 0 Å². The van der Waals surface area contributed by atoms with E-state index in [4.69, 9.17) is 11.6 Å². The Hall–Kier alpha value is -1.60. The zero-order valence-electron chi connectivity index (χ0n) is 9.34. The van der Waals surface area contributed by atoms with Crippen molar-refractivity contribution in [1.29, 1.82) is 0 Å². The van der Waals surface area contributed by atoms with E-state index in [1.165, 1.54) is 5.39 Å². The highest BCUT2D eigenvalue weighted by Crippen LogP contribution is 2.27. The quantitative estimate of drug-likeness (QED) is 0.453. The Morgan fingerprint density at radius 2 is 1.82 bits per heavy atom. The van der Waals surface area contributed by atoms with Crippen LogP contribution in [0.15, 0.2) is 55.1 Å². The third-order valence-corrected chi connectivity index (χ3v) is 3.26. The molecule has 0 bridgehead atoms. The lowest BCUT2D eigenvalue weighted by Gasteiger charge is -2.15. The number of allylic oxidation sites excluding steroid dienone is 1. The van der Waals surface area contributed by atoms with Gasteiger partial charge in [0.2, 0.25) is 0 Å². The molecule has 0 aliphatic carbocycles. The molecule has 0 fully saturated rings. The first kappa shape index (κ1) is 11.9. The lowest BCUT2D eigenvalue weighted by Crippen LogP contribution is -2.11. The molecule has 86 valence electrons. The minimum absolute atomic E-state index is 0.140. The topological polar surface area (TPSA) is 17.1 Å². The van der Waals surface area contributed by atoms with E-state index in [1.54, 1.807) is 6.08 Å². The van der Waals surface area contributed by atoms with Crippen molar-refractivity contribution in [3.05, 3.63) is 60.7 Å². The molecule has 0 unspecified atom stereocenters. The van der Waals surface area contributed by atoms with Crippen LogP contribution in [0.5, 0.6) is 0 Å². The van der Waals surface area contributed by atoms with Gasteiger partial charge in [-0.3, -0.25) is 0 Å². The van der Waals surface area contributed by atoms with Gasteiger partial charge in [0.15, 0.2) is 0 Å². The van der Waals surface area contributed by atoms with Crippen LogP contribution in [0.3, 0.4) is 0 Å². The fraction of sp³-hybridized carbons (Fsp3) is 0.133. The molecule has 2 rings (SSSR count). The van der Waals surface area contributed by atoms with E-state index in [1.807, 2.05) is 30.3 Å². The van der Waals surface area contributed by atoms with Crippen LogP contribution in [0.25, 0.3) is 10.8 Å². The van der Waals surface area contributed by atoms with Gasteiger partial charge in [-0.15, -0.1) is 18.2 Å². The van der Waals surface area contributed by atoms with E-state index in [9.17, 15) is 4.79 Å². The summed E-state index contributed by atoms with van der Waals surface area (Å²) in [4.78, 5) is 10.8. The number of aldehydes is 1. The van der Waals surface area contributed by atoms with Crippen LogP contribution in [0.1, 0.15) is 11.5 Å². The maximum absolute atomic E-state index is 10.8. The minimum Gasteiger partial charge on any atom is -0.302 e. The van der Waals surface area contributed by atoms with Crippen LogP contribution in [-0.4, -0.2) is 11.7 Å². The number of hydrogen-bond donors (Lipinski definition) is 0. The summed E-state index contributed by atoms with van der Waals surface area (Å²) in [6.07, 6.45) is 2.47. The summed E-state index contributed by atoms with van der Waals surface area (Å²) in [5.74, 6) is -0.140. The lowest BCUT2D eigenvalue weighted by molar-refractivity contribution is -0.107. The standard InChI is InChI=1S/C15H13ClO/c1-2-14(15(16)10-17)13-8-7-11-5-3-4-6-12(11)9-13/h2-10,14-15H,1H2/t14-,15+/m1/s1. The second kappa shape index (κ2) is 5.15. The number of alkyl halides is 1. The Morgan fingerprint density at radius 3 is 2.47 bits per heavy atom. The molecule has 0 saturated heterocycles. The number of fused-ring (bicyclic) bond motifs is 1. The smallest absolute Gasteiger partial charge is 0.138 e. The van der Waals surface area contributed by atoms with Crippen LogP contribution in [-0.2, 0) is 4.79 Å². The Kier molecular flexibility index (Phi) is 3.60. The monoisotopic (exact) mass is 244 g/mol. The third-order valence-electron chi connectivity index (χ3n) is 2.89. The first-order chi connectivity index (χ1) is 8.26. The summed E-state index contributed by atoms with van der Waals surface area (Å²) in [5.41, 5.74) is 1.02. The second-order valence-electron chi connectivity index (χ2n) is 3.95. The van der Waals surface area contributed by atoms with Gasteiger partial charge in [-0.1, -0.05) is 48.5 Å². The molecule has 1 nitrogen and oxygen atoms in total. The molecular weight excluding hydrogens is 232 g/mol. The second-order valence-corrected chi connectivity index (χ2v) is 4.45. The summed E-state index contributed by atoms with van der Waals surface area (Å²) in [5, 5.41) is 1.76. The maximum Gasteiger partial charge on any atom is 0.138 e. The number of rotatable bonds is 4.